The van der Waals surface area contributed by atoms with Crippen molar-refractivity contribution in [2.75, 3.05) is 32.8 Å². The number of aryl methyl sites for hydroxylation is 3. The summed E-state index contributed by atoms with van der Waals surface area (Å²) < 4.78 is 33.0. The van der Waals surface area contributed by atoms with Crippen LogP contribution in [0, 0.1) is 20.8 Å². The van der Waals surface area contributed by atoms with E-state index in [0.29, 0.717) is 43.2 Å². The molecule has 3 rings (SSSR count). The van der Waals surface area contributed by atoms with Crippen molar-refractivity contribution in [3.05, 3.63) is 41.2 Å². The van der Waals surface area contributed by atoms with E-state index in [1.165, 1.54) is 4.31 Å². The molecular formula is C19H26N4O4S. The maximum Gasteiger partial charge on any atom is 0.260 e. The lowest BCUT2D eigenvalue weighted by molar-refractivity contribution is -0.133. The maximum atomic E-state index is 13.0. The first kappa shape index (κ1) is 20.3. The number of carbonyl (C=O) groups is 1. The van der Waals surface area contributed by atoms with Gasteiger partial charge >= 0.3 is 0 Å². The van der Waals surface area contributed by atoms with Gasteiger partial charge < -0.3 is 9.64 Å². The Hall–Kier alpha value is -2.39. The zero-order valence-electron chi connectivity index (χ0n) is 16.4. The summed E-state index contributed by atoms with van der Waals surface area (Å²) in [6, 6.07) is 7.53. The number of rotatable bonds is 5. The van der Waals surface area contributed by atoms with Gasteiger partial charge in [-0.25, -0.2) is 8.42 Å². The van der Waals surface area contributed by atoms with Crippen LogP contribution < -0.4 is 4.74 Å². The molecule has 1 N–H and O–H groups in total. The first-order valence-corrected chi connectivity index (χ1v) is 10.7. The highest BCUT2D eigenvalue weighted by atomic mass is 32.2. The van der Waals surface area contributed by atoms with Crippen LogP contribution in [-0.2, 0) is 14.8 Å². The Kier molecular flexibility index (Phi) is 6.04. The summed E-state index contributed by atoms with van der Waals surface area (Å²) in [7, 11) is -3.64. The highest BCUT2D eigenvalue weighted by Gasteiger charge is 2.31. The van der Waals surface area contributed by atoms with Crippen LogP contribution in [0.5, 0.6) is 5.75 Å². The molecule has 1 saturated heterocycles. The van der Waals surface area contributed by atoms with E-state index in [4.69, 9.17) is 4.74 Å². The number of sulfonamides is 1. The van der Waals surface area contributed by atoms with Gasteiger partial charge in [0, 0.05) is 26.2 Å². The molecule has 152 valence electrons. The molecule has 0 atom stereocenters. The molecule has 0 saturated carbocycles. The van der Waals surface area contributed by atoms with Crippen molar-refractivity contribution in [3.63, 3.8) is 0 Å². The molecule has 1 aliphatic rings. The lowest BCUT2D eigenvalue weighted by Crippen LogP contribution is -2.39. The number of hydrogen-bond donors (Lipinski definition) is 1. The topological polar surface area (TPSA) is 95.6 Å². The fraction of sp³-hybridized carbons (Fsp3) is 0.474. The number of ether oxygens (including phenoxy) is 1. The molecule has 0 bridgehead atoms. The van der Waals surface area contributed by atoms with Gasteiger partial charge in [-0.2, -0.15) is 9.40 Å². The molecule has 28 heavy (non-hydrogen) atoms. The van der Waals surface area contributed by atoms with Crippen molar-refractivity contribution in [2.45, 2.75) is 32.1 Å². The van der Waals surface area contributed by atoms with E-state index in [-0.39, 0.29) is 24.0 Å². The van der Waals surface area contributed by atoms with Crippen molar-refractivity contribution in [1.82, 2.24) is 19.4 Å². The fourth-order valence-corrected chi connectivity index (χ4v) is 5.18. The summed E-state index contributed by atoms with van der Waals surface area (Å²) in [4.78, 5) is 14.4. The van der Waals surface area contributed by atoms with Crippen LogP contribution in [0.1, 0.15) is 23.4 Å². The Labute approximate surface area is 165 Å². The Bertz CT molecular complexity index is 935. The molecule has 1 amide bonds. The quantitative estimate of drug-likeness (QED) is 0.814. The summed E-state index contributed by atoms with van der Waals surface area (Å²) in [6.07, 6.45) is 0.575. The Morgan fingerprint density at radius 2 is 1.96 bits per heavy atom. The van der Waals surface area contributed by atoms with E-state index in [1.54, 1.807) is 18.7 Å². The van der Waals surface area contributed by atoms with Gasteiger partial charge in [0.15, 0.2) is 6.61 Å². The molecule has 0 spiro atoms. The molecule has 2 heterocycles. The molecule has 1 aliphatic heterocycles. The molecule has 1 fully saturated rings. The monoisotopic (exact) mass is 406 g/mol. The zero-order chi connectivity index (χ0) is 20.3. The number of aromatic amines is 1. The molecule has 1 aromatic carbocycles. The first-order chi connectivity index (χ1) is 13.3. The SMILES string of the molecule is Cc1cccc(OCC(=O)N2CCCN(S(=O)(=O)c3c(C)n[nH]c3C)CC2)c1. The van der Waals surface area contributed by atoms with E-state index >= 15 is 0 Å². The summed E-state index contributed by atoms with van der Waals surface area (Å²) in [5.74, 6) is 0.509. The molecule has 0 unspecified atom stereocenters. The molecule has 1 aromatic heterocycles. The van der Waals surface area contributed by atoms with E-state index in [2.05, 4.69) is 10.2 Å². The number of carbonyl (C=O) groups excluding carboxylic acids is 1. The van der Waals surface area contributed by atoms with Crippen LogP contribution in [0.4, 0.5) is 0 Å². The molecule has 9 heteroatoms. The minimum Gasteiger partial charge on any atom is -0.484 e. The van der Waals surface area contributed by atoms with Gasteiger partial charge in [0.1, 0.15) is 10.6 Å². The van der Waals surface area contributed by atoms with Crippen molar-refractivity contribution in [2.24, 2.45) is 0 Å². The highest BCUT2D eigenvalue weighted by molar-refractivity contribution is 7.89. The predicted octanol–water partition coefficient (Wildman–Crippen LogP) is 1.64. The summed E-state index contributed by atoms with van der Waals surface area (Å²) in [5, 5.41) is 6.72. The smallest absolute Gasteiger partial charge is 0.260 e. The molecule has 0 aliphatic carbocycles. The largest absolute Gasteiger partial charge is 0.484 e. The number of aromatic nitrogens is 2. The van der Waals surface area contributed by atoms with Crippen molar-refractivity contribution in [3.8, 4) is 5.75 Å². The highest BCUT2D eigenvalue weighted by Crippen LogP contribution is 2.23. The average molecular weight is 407 g/mol. The maximum absolute atomic E-state index is 13.0. The van der Waals surface area contributed by atoms with E-state index in [9.17, 15) is 13.2 Å². The molecule has 0 radical (unpaired) electrons. The van der Waals surface area contributed by atoms with E-state index in [1.807, 2.05) is 31.2 Å². The third-order valence-electron chi connectivity index (χ3n) is 4.82. The lowest BCUT2D eigenvalue weighted by Gasteiger charge is -2.22. The number of amides is 1. The number of benzene rings is 1. The van der Waals surface area contributed by atoms with E-state index in [0.717, 1.165) is 5.56 Å². The van der Waals surface area contributed by atoms with Gasteiger partial charge in [-0.15, -0.1) is 0 Å². The Morgan fingerprint density at radius 1 is 1.18 bits per heavy atom. The van der Waals surface area contributed by atoms with Gasteiger partial charge in [-0.1, -0.05) is 12.1 Å². The van der Waals surface area contributed by atoms with Crippen LogP contribution in [0.3, 0.4) is 0 Å². The number of nitrogens with one attached hydrogen (secondary N) is 1. The van der Waals surface area contributed by atoms with Crippen molar-refractivity contribution in [1.29, 1.82) is 0 Å². The second kappa shape index (κ2) is 8.32. The van der Waals surface area contributed by atoms with Crippen LogP contribution in [-0.4, -0.2) is 66.5 Å². The summed E-state index contributed by atoms with van der Waals surface area (Å²) >= 11 is 0. The van der Waals surface area contributed by atoms with Crippen LogP contribution in [0.25, 0.3) is 0 Å². The van der Waals surface area contributed by atoms with Crippen LogP contribution >= 0.6 is 0 Å². The number of nitrogens with zero attached hydrogens (tertiary/aromatic N) is 3. The third-order valence-corrected chi connectivity index (χ3v) is 6.98. The predicted molar refractivity (Wildman–Crippen MR) is 105 cm³/mol. The Morgan fingerprint density at radius 3 is 2.64 bits per heavy atom. The Balaban J connectivity index is 1.62. The average Bonchev–Trinajstić information content (AvgIpc) is 2.85. The first-order valence-electron chi connectivity index (χ1n) is 9.28. The summed E-state index contributed by atoms with van der Waals surface area (Å²) in [6.45, 7) is 6.74. The second-order valence-electron chi connectivity index (χ2n) is 7.01. The number of hydrogen-bond acceptors (Lipinski definition) is 5. The lowest BCUT2D eigenvalue weighted by atomic mass is 10.2. The zero-order valence-corrected chi connectivity index (χ0v) is 17.3. The second-order valence-corrected chi connectivity index (χ2v) is 8.88. The van der Waals surface area contributed by atoms with E-state index < -0.39 is 10.0 Å². The van der Waals surface area contributed by atoms with Crippen LogP contribution in [0.15, 0.2) is 29.2 Å². The van der Waals surface area contributed by atoms with Crippen molar-refractivity contribution < 1.29 is 17.9 Å². The minimum absolute atomic E-state index is 0.0594. The number of H-pyrrole nitrogens is 1. The van der Waals surface area contributed by atoms with Crippen LogP contribution in [0.2, 0.25) is 0 Å². The molecular weight excluding hydrogens is 380 g/mol. The normalized spacial score (nSPS) is 16.0. The standard InChI is InChI=1S/C19H26N4O4S/c1-14-6-4-7-17(12-14)27-13-18(24)22-8-5-9-23(11-10-22)28(25,26)19-15(2)20-21-16(19)3/h4,6-7,12H,5,8-11,13H2,1-3H3,(H,20,21). The van der Waals surface area contributed by atoms with Gasteiger partial charge in [0.05, 0.1) is 11.4 Å². The minimum atomic E-state index is -3.64. The van der Waals surface area contributed by atoms with Gasteiger partial charge in [-0.3, -0.25) is 9.89 Å². The molecule has 2 aromatic rings. The fourth-order valence-electron chi connectivity index (χ4n) is 3.37. The third kappa shape index (κ3) is 4.36. The van der Waals surface area contributed by atoms with Gasteiger partial charge in [-0.05, 0) is 44.9 Å². The van der Waals surface area contributed by atoms with Gasteiger partial charge in [0.25, 0.3) is 5.91 Å². The van der Waals surface area contributed by atoms with Gasteiger partial charge in [0.2, 0.25) is 10.0 Å². The van der Waals surface area contributed by atoms with Crippen molar-refractivity contribution >= 4 is 15.9 Å². The molecule has 8 nitrogen and oxygen atoms in total. The summed E-state index contributed by atoms with van der Waals surface area (Å²) in [5.41, 5.74) is 2.05.